The molecule has 2 aromatic rings. The number of Topliss-reactive ketones (excluding diaryl/α,β-unsaturated/α-hetero) is 1. The van der Waals surface area contributed by atoms with Gasteiger partial charge in [-0.3, -0.25) is 14.4 Å². The Bertz CT molecular complexity index is 831. The second-order valence-corrected chi connectivity index (χ2v) is 6.03. The quantitative estimate of drug-likeness (QED) is 0.570. The topological polar surface area (TPSA) is 81.7 Å². The van der Waals surface area contributed by atoms with Crippen LogP contribution < -0.4 is 10.1 Å². The average molecular weight is 369 g/mol. The Morgan fingerprint density at radius 2 is 1.70 bits per heavy atom. The molecule has 6 nitrogen and oxygen atoms in total. The van der Waals surface area contributed by atoms with Crippen molar-refractivity contribution in [3.8, 4) is 5.75 Å². The molecule has 0 unspecified atom stereocenters. The molecule has 0 saturated carbocycles. The molecule has 0 aliphatic rings. The summed E-state index contributed by atoms with van der Waals surface area (Å²) in [6.07, 6.45) is -0.401. The lowest BCUT2D eigenvalue weighted by molar-refractivity contribution is -0.153. The van der Waals surface area contributed by atoms with Crippen LogP contribution in [0.2, 0.25) is 0 Å². The maximum Gasteiger partial charge on any atom is 0.306 e. The van der Waals surface area contributed by atoms with E-state index in [1.165, 1.54) is 13.8 Å². The van der Waals surface area contributed by atoms with E-state index in [1.807, 2.05) is 24.3 Å². The number of hydrogen-bond acceptors (Lipinski definition) is 5. The molecule has 0 fully saturated rings. The fourth-order valence-electron chi connectivity index (χ4n) is 2.59. The highest BCUT2D eigenvalue weighted by Crippen LogP contribution is 2.19. The van der Waals surface area contributed by atoms with Crippen LogP contribution in [0.5, 0.6) is 5.75 Å². The Morgan fingerprint density at radius 3 is 2.41 bits per heavy atom. The lowest BCUT2D eigenvalue weighted by atomic mass is 10.1. The average Bonchev–Trinajstić information content (AvgIpc) is 2.66. The van der Waals surface area contributed by atoms with E-state index in [-0.39, 0.29) is 12.2 Å². The zero-order valence-electron chi connectivity index (χ0n) is 15.7. The second kappa shape index (κ2) is 9.52. The molecule has 0 saturated heterocycles. The van der Waals surface area contributed by atoms with Gasteiger partial charge in [-0.1, -0.05) is 30.3 Å². The van der Waals surface area contributed by atoms with Gasteiger partial charge < -0.3 is 14.8 Å². The third-order valence-corrected chi connectivity index (χ3v) is 4.03. The highest BCUT2D eigenvalue weighted by molar-refractivity contribution is 6.04. The molecule has 0 radical (unpaired) electrons. The smallest absolute Gasteiger partial charge is 0.306 e. The minimum atomic E-state index is -0.977. The Hall–Kier alpha value is -3.15. The van der Waals surface area contributed by atoms with Gasteiger partial charge >= 0.3 is 5.97 Å². The lowest BCUT2D eigenvalue weighted by Gasteiger charge is -2.15. The molecular weight excluding hydrogens is 346 g/mol. The van der Waals surface area contributed by atoms with E-state index in [0.29, 0.717) is 23.4 Å². The number of rotatable bonds is 8. The zero-order valence-corrected chi connectivity index (χ0v) is 15.7. The molecule has 1 N–H and O–H groups in total. The van der Waals surface area contributed by atoms with Gasteiger partial charge in [0.25, 0.3) is 5.91 Å². The highest BCUT2D eigenvalue weighted by Gasteiger charge is 2.19. The third kappa shape index (κ3) is 5.67. The normalized spacial score (nSPS) is 11.4. The molecule has 0 aliphatic carbocycles. The van der Waals surface area contributed by atoms with E-state index >= 15 is 0 Å². The number of hydrogen-bond donors (Lipinski definition) is 1. The monoisotopic (exact) mass is 369 g/mol. The Labute approximate surface area is 158 Å². The molecule has 142 valence electrons. The molecular formula is C21H23NO5. The van der Waals surface area contributed by atoms with Gasteiger partial charge in [-0.15, -0.1) is 0 Å². The fourth-order valence-corrected chi connectivity index (χ4v) is 2.59. The highest BCUT2D eigenvalue weighted by atomic mass is 16.5. The number of ketones is 1. The number of anilines is 1. The number of amides is 1. The molecule has 1 amide bonds. The number of nitrogens with one attached hydrogen (secondary N) is 1. The fraction of sp³-hybridized carbons (Fsp3) is 0.286. The Balaban J connectivity index is 1.90. The summed E-state index contributed by atoms with van der Waals surface area (Å²) < 4.78 is 10.5. The van der Waals surface area contributed by atoms with Crippen molar-refractivity contribution < 1.29 is 23.9 Å². The molecule has 2 aromatic carbocycles. The van der Waals surface area contributed by atoms with Crippen molar-refractivity contribution in [2.45, 2.75) is 32.8 Å². The van der Waals surface area contributed by atoms with Gasteiger partial charge in [0.1, 0.15) is 5.75 Å². The first kappa shape index (κ1) is 20.2. The van der Waals surface area contributed by atoms with E-state index in [1.54, 1.807) is 31.4 Å². The van der Waals surface area contributed by atoms with Crippen LogP contribution in [0.1, 0.15) is 36.2 Å². The number of carbonyl (C=O) groups is 3. The second-order valence-electron chi connectivity index (χ2n) is 6.03. The summed E-state index contributed by atoms with van der Waals surface area (Å²) in [6.45, 7) is 2.92. The molecule has 0 aromatic heterocycles. The van der Waals surface area contributed by atoms with E-state index in [0.717, 1.165) is 5.56 Å². The largest absolute Gasteiger partial charge is 0.496 e. The minimum Gasteiger partial charge on any atom is -0.496 e. The number of carbonyl (C=O) groups excluding carboxylic acids is 3. The third-order valence-electron chi connectivity index (χ3n) is 4.03. The minimum absolute atomic E-state index is 0.127. The number of ether oxygens (including phenoxy) is 2. The van der Waals surface area contributed by atoms with Crippen LogP contribution in [0.4, 0.5) is 5.69 Å². The van der Waals surface area contributed by atoms with Gasteiger partial charge in [0.2, 0.25) is 0 Å². The van der Waals surface area contributed by atoms with Crippen LogP contribution >= 0.6 is 0 Å². The van der Waals surface area contributed by atoms with Gasteiger partial charge in [-0.05, 0) is 44.0 Å². The van der Waals surface area contributed by atoms with E-state index in [9.17, 15) is 14.4 Å². The summed E-state index contributed by atoms with van der Waals surface area (Å²) in [5.74, 6) is -0.429. The molecule has 6 heteroatoms. The predicted molar refractivity (Wildman–Crippen MR) is 102 cm³/mol. The number of esters is 1. The predicted octanol–water partition coefficient (Wildman–Crippen LogP) is 3.40. The Kier molecular flexibility index (Phi) is 7.11. The molecule has 1 atom stereocenters. The maximum atomic E-state index is 12.3. The number of para-hydroxylation sites is 2. The van der Waals surface area contributed by atoms with Crippen LogP contribution in [-0.4, -0.2) is 30.9 Å². The van der Waals surface area contributed by atoms with Crippen molar-refractivity contribution >= 4 is 23.3 Å². The summed E-state index contributed by atoms with van der Waals surface area (Å²) in [5, 5.41) is 2.63. The molecule has 0 spiro atoms. The molecule has 0 aliphatic heterocycles. The van der Waals surface area contributed by atoms with Crippen LogP contribution in [0.3, 0.4) is 0 Å². The summed E-state index contributed by atoms with van der Waals surface area (Å²) in [4.78, 5) is 36.0. The standard InChI is InChI=1S/C21H23NO5/c1-14(23)17-9-5-6-10-18(17)22-21(25)15(2)27-20(24)13-12-16-8-4-7-11-19(16)26-3/h4-11,15H,12-13H2,1-3H3,(H,22,25)/t15-/m1/s1. The van der Waals surface area contributed by atoms with Crippen molar-refractivity contribution in [3.63, 3.8) is 0 Å². The van der Waals surface area contributed by atoms with Gasteiger partial charge in [-0.25, -0.2) is 0 Å². The van der Waals surface area contributed by atoms with Crippen molar-refractivity contribution in [1.82, 2.24) is 0 Å². The summed E-state index contributed by atoms with van der Waals surface area (Å²) in [5.41, 5.74) is 1.69. The van der Waals surface area contributed by atoms with Gasteiger partial charge in [-0.2, -0.15) is 0 Å². The first-order valence-electron chi connectivity index (χ1n) is 8.64. The van der Waals surface area contributed by atoms with E-state index in [4.69, 9.17) is 9.47 Å². The SMILES string of the molecule is COc1ccccc1CCC(=O)O[C@H](C)C(=O)Nc1ccccc1C(C)=O. The van der Waals surface area contributed by atoms with Crippen molar-refractivity contribution in [2.75, 3.05) is 12.4 Å². The first-order chi connectivity index (χ1) is 12.9. The van der Waals surface area contributed by atoms with Crippen LogP contribution in [0, 0.1) is 0 Å². The maximum absolute atomic E-state index is 12.3. The molecule has 2 rings (SSSR count). The van der Waals surface area contributed by atoms with Gasteiger partial charge in [0, 0.05) is 12.0 Å². The van der Waals surface area contributed by atoms with Crippen molar-refractivity contribution in [2.24, 2.45) is 0 Å². The van der Waals surface area contributed by atoms with Gasteiger partial charge in [0.15, 0.2) is 11.9 Å². The molecule has 0 bridgehead atoms. The van der Waals surface area contributed by atoms with Crippen LogP contribution in [-0.2, 0) is 20.7 Å². The van der Waals surface area contributed by atoms with Crippen molar-refractivity contribution in [3.05, 3.63) is 59.7 Å². The zero-order chi connectivity index (χ0) is 19.8. The molecule has 27 heavy (non-hydrogen) atoms. The van der Waals surface area contributed by atoms with E-state index in [2.05, 4.69) is 5.32 Å². The van der Waals surface area contributed by atoms with Crippen LogP contribution in [0.25, 0.3) is 0 Å². The summed E-state index contributed by atoms with van der Waals surface area (Å²) in [6, 6.07) is 14.1. The summed E-state index contributed by atoms with van der Waals surface area (Å²) >= 11 is 0. The first-order valence-corrected chi connectivity index (χ1v) is 8.64. The van der Waals surface area contributed by atoms with Gasteiger partial charge in [0.05, 0.1) is 12.8 Å². The van der Waals surface area contributed by atoms with Crippen molar-refractivity contribution in [1.29, 1.82) is 0 Å². The summed E-state index contributed by atoms with van der Waals surface area (Å²) in [7, 11) is 1.57. The number of methoxy groups -OCH3 is 1. The Morgan fingerprint density at radius 1 is 1.04 bits per heavy atom. The number of aryl methyl sites for hydroxylation is 1. The van der Waals surface area contributed by atoms with Crippen LogP contribution in [0.15, 0.2) is 48.5 Å². The molecule has 0 heterocycles. The van der Waals surface area contributed by atoms with E-state index < -0.39 is 18.0 Å². The number of benzene rings is 2. The lowest BCUT2D eigenvalue weighted by Crippen LogP contribution is -2.30.